The molecule has 3 aromatic rings. The molecule has 4 amide bonds. The Bertz CT molecular complexity index is 1480. The van der Waals surface area contributed by atoms with E-state index in [4.69, 9.17) is 4.42 Å². The maximum atomic E-state index is 13.0. The van der Waals surface area contributed by atoms with Gasteiger partial charge in [0.2, 0.25) is 0 Å². The molecule has 40 heavy (non-hydrogen) atoms. The molecule has 8 nitrogen and oxygen atoms in total. The molecule has 0 aliphatic carbocycles. The number of piperazine rings is 1. The van der Waals surface area contributed by atoms with Gasteiger partial charge in [0.05, 0.1) is 23.3 Å². The van der Waals surface area contributed by atoms with Crippen molar-refractivity contribution >= 4 is 40.8 Å². The van der Waals surface area contributed by atoms with Gasteiger partial charge in [-0.1, -0.05) is 24.3 Å². The summed E-state index contributed by atoms with van der Waals surface area (Å²) in [5.41, 5.74) is 0.342. The normalized spacial score (nSPS) is 17.2. The molecule has 206 valence electrons. The van der Waals surface area contributed by atoms with Crippen molar-refractivity contribution in [1.82, 2.24) is 14.7 Å². The van der Waals surface area contributed by atoms with Crippen molar-refractivity contribution in [2.45, 2.75) is 12.7 Å². The van der Waals surface area contributed by atoms with Crippen LogP contribution in [0.25, 0.3) is 6.08 Å². The third-order valence-electron chi connectivity index (χ3n) is 6.51. The van der Waals surface area contributed by atoms with Crippen molar-refractivity contribution in [3.63, 3.8) is 0 Å². The highest BCUT2D eigenvalue weighted by atomic mass is 32.2. The second kappa shape index (κ2) is 11.0. The number of hydrogen-bond acceptors (Lipinski definition) is 6. The number of rotatable bonds is 5. The minimum absolute atomic E-state index is 0.133. The summed E-state index contributed by atoms with van der Waals surface area (Å²) in [6.07, 6.45) is -1.59. The molecule has 1 aromatic heterocycles. The molecule has 2 fully saturated rings. The van der Waals surface area contributed by atoms with E-state index in [9.17, 15) is 32.3 Å². The van der Waals surface area contributed by atoms with Crippen molar-refractivity contribution in [3.8, 4) is 0 Å². The van der Waals surface area contributed by atoms with Crippen LogP contribution in [0.3, 0.4) is 0 Å². The molecule has 2 aliphatic heterocycles. The number of benzene rings is 2. The fourth-order valence-electron chi connectivity index (χ4n) is 4.39. The maximum Gasteiger partial charge on any atom is 0.416 e. The topological polar surface area (TPSA) is 91.1 Å². The number of hydrogen-bond donors (Lipinski definition) is 0. The number of amides is 4. The lowest BCUT2D eigenvalue weighted by atomic mass is 10.1. The highest BCUT2D eigenvalue weighted by Crippen LogP contribution is 2.34. The van der Waals surface area contributed by atoms with Gasteiger partial charge < -0.3 is 14.2 Å². The van der Waals surface area contributed by atoms with Gasteiger partial charge in [0.25, 0.3) is 23.0 Å². The highest BCUT2D eigenvalue weighted by Gasteiger charge is 2.36. The van der Waals surface area contributed by atoms with Crippen molar-refractivity contribution in [3.05, 3.63) is 99.8 Å². The van der Waals surface area contributed by atoms with Crippen molar-refractivity contribution < 1.29 is 36.8 Å². The zero-order valence-electron chi connectivity index (χ0n) is 20.9. The molecule has 2 aromatic carbocycles. The average Bonchev–Trinajstić information content (AvgIpc) is 3.58. The first-order valence-corrected chi connectivity index (χ1v) is 13.1. The van der Waals surface area contributed by atoms with Gasteiger partial charge in [-0.3, -0.25) is 24.1 Å². The monoisotopic (exact) mass is 569 g/mol. The fraction of sp³-hybridized carbons (Fsp3) is 0.214. The molecule has 0 unspecified atom stereocenters. The molecular formula is C28H22F3N3O5S. The summed E-state index contributed by atoms with van der Waals surface area (Å²) in [5, 5.41) is -0.579. The minimum atomic E-state index is -4.53. The largest absolute Gasteiger partial charge is 0.459 e. The van der Waals surface area contributed by atoms with Gasteiger partial charge >= 0.3 is 6.18 Å². The molecule has 2 aliphatic rings. The van der Waals surface area contributed by atoms with Crippen LogP contribution in [0.5, 0.6) is 0 Å². The summed E-state index contributed by atoms with van der Waals surface area (Å²) in [4.78, 5) is 55.0. The summed E-state index contributed by atoms with van der Waals surface area (Å²) in [5.74, 6) is -0.767. The fourth-order valence-corrected chi connectivity index (χ4v) is 5.23. The molecule has 2 saturated heterocycles. The third kappa shape index (κ3) is 5.81. The second-order valence-electron chi connectivity index (χ2n) is 9.15. The molecule has 12 heteroatoms. The van der Waals surface area contributed by atoms with E-state index in [1.165, 1.54) is 24.5 Å². The Morgan fingerprint density at radius 2 is 1.57 bits per heavy atom. The first-order chi connectivity index (χ1) is 19.1. The average molecular weight is 570 g/mol. The Morgan fingerprint density at radius 3 is 2.20 bits per heavy atom. The van der Waals surface area contributed by atoms with Gasteiger partial charge in [-0.2, -0.15) is 13.2 Å². The van der Waals surface area contributed by atoms with Crippen molar-refractivity contribution in [2.75, 3.05) is 26.2 Å². The Balaban J connectivity index is 1.20. The quantitative estimate of drug-likeness (QED) is 0.396. The number of imide groups is 1. The molecule has 0 radical (unpaired) electrons. The highest BCUT2D eigenvalue weighted by molar-refractivity contribution is 8.18. The van der Waals surface area contributed by atoms with E-state index >= 15 is 0 Å². The smallest absolute Gasteiger partial charge is 0.416 e. The standard InChI is InChI=1S/C28H22F3N3O5S/c29-28(30,31)21-4-1-3-19(15-21)17-34-26(37)23(40-27(34)38)16-18-6-8-20(9-7-18)24(35)32-10-12-33(13-11-32)25(36)22-5-2-14-39-22/h1-9,14-16H,10-13,17H2/b23-16-. The summed E-state index contributed by atoms with van der Waals surface area (Å²) < 4.78 is 44.2. The summed E-state index contributed by atoms with van der Waals surface area (Å²) in [6.45, 7) is 1.21. The summed E-state index contributed by atoms with van der Waals surface area (Å²) in [6, 6.07) is 14.2. The SMILES string of the molecule is O=C(c1ccc(/C=C2\SC(=O)N(Cc3cccc(C(F)(F)F)c3)C2=O)cc1)N1CCN(C(=O)c2ccco2)CC1. The van der Waals surface area contributed by atoms with Gasteiger partial charge in [-0.15, -0.1) is 0 Å². The lowest BCUT2D eigenvalue weighted by Gasteiger charge is -2.34. The first kappa shape index (κ1) is 27.3. The van der Waals surface area contributed by atoms with E-state index in [0.717, 1.165) is 17.0 Å². The first-order valence-electron chi connectivity index (χ1n) is 12.2. The number of carbonyl (C=O) groups excluding carboxylic acids is 4. The predicted octanol–water partition coefficient (Wildman–Crippen LogP) is 5.13. The van der Waals surface area contributed by atoms with Crippen LogP contribution in [0.1, 0.15) is 37.6 Å². The van der Waals surface area contributed by atoms with E-state index in [1.807, 2.05) is 0 Å². The number of halogens is 3. The molecule has 0 N–H and O–H groups in total. The predicted molar refractivity (Wildman–Crippen MR) is 140 cm³/mol. The van der Waals surface area contributed by atoms with Crippen LogP contribution in [0, 0.1) is 0 Å². The van der Waals surface area contributed by atoms with Crippen LogP contribution in [0.15, 0.2) is 76.2 Å². The Labute approximate surface area is 231 Å². The molecule has 0 atom stereocenters. The second-order valence-corrected chi connectivity index (χ2v) is 10.1. The van der Waals surface area contributed by atoms with Gasteiger partial charge in [-0.25, -0.2) is 0 Å². The summed E-state index contributed by atoms with van der Waals surface area (Å²) in [7, 11) is 0. The van der Waals surface area contributed by atoms with Crippen LogP contribution in [0.4, 0.5) is 18.0 Å². The van der Waals surface area contributed by atoms with E-state index in [0.29, 0.717) is 49.1 Å². The lowest BCUT2D eigenvalue weighted by Crippen LogP contribution is -2.50. The number of carbonyl (C=O) groups is 4. The Morgan fingerprint density at radius 1 is 0.900 bits per heavy atom. The van der Waals surface area contributed by atoms with Crippen molar-refractivity contribution in [2.24, 2.45) is 0 Å². The van der Waals surface area contributed by atoms with E-state index in [2.05, 4.69) is 0 Å². The molecule has 0 spiro atoms. The van der Waals surface area contributed by atoms with Gasteiger partial charge in [0.1, 0.15) is 0 Å². The lowest BCUT2D eigenvalue weighted by molar-refractivity contribution is -0.137. The number of furan rings is 1. The van der Waals surface area contributed by atoms with Crippen LogP contribution >= 0.6 is 11.8 Å². The molecule has 0 bridgehead atoms. The molecule has 0 saturated carbocycles. The minimum Gasteiger partial charge on any atom is -0.459 e. The van der Waals surface area contributed by atoms with E-state index in [1.54, 1.807) is 46.2 Å². The van der Waals surface area contributed by atoms with Gasteiger partial charge in [0, 0.05) is 31.7 Å². The zero-order chi connectivity index (χ0) is 28.4. The number of nitrogens with zero attached hydrogens (tertiary/aromatic N) is 3. The number of thioether (sulfide) groups is 1. The zero-order valence-corrected chi connectivity index (χ0v) is 21.7. The van der Waals surface area contributed by atoms with Crippen molar-refractivity contribution in [1.29, 1.82) is 0 Å². The molecule has 5 rings (SSSR count). The van der Waals surface area contributed by atoms with E-state index in [-0.39, 0.29) is 34.6 Å². The Kier molecular flexibility index (Phi) is 7.53. The van der Waals surface area contributed by atoms with Crippen LogP contribution in [-0.4, -0.2) is 63.8 Å². The van der Waals surface area contributed by atoms with Crippen LogP contribution in [-0.2, 0) is 17.5 Å². The summed E-state index contributed by atoms with van der Waals surface area (Å²) >= 11 is 0.703. The van der Waals surface area contributed by atoms with Crippen LogP contribution < -0.4 is 0 Å². The maximum absolute atomic E-state index is 13.0. The Hall–Kier alpha value is -4.32. The van der Waals surface area contributed by atoms with E-state index < -0.39 is 22.9 Å². The van der Waals surface area contributed by atoms with Gasteiger partial charge in [0.15, 0.2) is 5.76 Å². The molecule has 3 heterocycles. The third-order valence-corrected chi connectivity index (χ3v) is 7.42. The molecular weight excluding hydrogens is 547 g/mol. The number of alkyl halides is 3. The van der Waals surface area contributed by atoms with Crippen LogP contribution in [0.2, 0.25) is 0 Å². The van der Waals surface area contributed by atoms with Gasteiger partial charge in [-0.05, 0) is 65.4 Å².